The van der Waals surface area contributed by atoms with E-state index in [4.69, 9.17) is 14.7 Å². The third-order valence-electron chi connectivity index (χ3n) is 5.87. The van der Waals surface area contributed by atoms with Crippen molar-refractivity contribution in [1.29, 1.82) is 5.26 Å². The molecule has 2 fully saturated rings. The Hall–Kier alpha value is -2.22. The Morgan fingerprint density at radius 2 is 1.63 bits per heavy atom. The van der Waals surface area contributed by atoms with E-state index < -0.39 is 0 Å². The minimum atomic E-state index is 0.0231. The molecular weight excluding hydrogens is 340 g/mol. The smallest absolute Gasteiger partial charge is 0.261 e. The lowest BCUT2D eigenvalue weighted by Crippen LogP contribution is -2.50. The van der Waals surface area contributed by atoms with Crippen LogP contribution in [0.15, 0.2) is 18.2 Å². The number of ether oxygens (including phenoxy) is 2. The van der Waals surface area contributed by atoms with Crippen LogP contribution in [0.1, 0.15) is 69.8 Å². The summed E-state index contributed by atoms with van der Waals surface area (Å²) >= 11 is 0. The number of methoxy groups -OCH3 is 1. The topological polar surface area (TPSA) is 62.6 Å². The van der Waals surface area contributed by atoms with Gasteiger partial charge in [0.05, 0.1) is 18.7 Å². The number of rotatable bonds is 6. The van der Waals surface area contributed by atoms with Gasteiger partial charge in [-0.3, -0.25) is 4.79 Å². The van der Waals surface area contributed by atoms with Crippen LogP contribution in [0.2, 0.25) is 0 Å². The molecule has 2 saturated carbocycles. The van der Waals surface area contributed by atoms with Crippen molar-refractivity contribution >= 4 is 5.91 Å². The first-order valence-electron chi connectivity index (χ1n) is 10.2. The van der Waals surface area contributed by atoms with E-state index in [2.05, 4.69) is 11.0 Å². The molecule has 146 valence electrons. The van der Waals surface area contributed by atoms with Crippen LogP contribution >= 0.6 is 0 Å². The van der Waals surface area contributed by atoms with Gasteiger partial charge in [-0.1, -0.05) is 38.5 Å². The summed E-state index contributed by atoms with van der Waals surface area (Å²) in [4.78, 5) is 15.3. The Morgan fingerprint density at radius 1 is 1.04 bits per heavy atom. The van der Waals surface area contributed by atoms with Crippen LogP contribution in [0.3, 0.4) is 0 Å². The molecule has 0 aromatic heterocycles. The third-order valence-corrected chi connectivity index (χ3v) is 5.87. The highest BCUT2D eigenvalue weighted by atomic mass is 16.5. The van der Waals surface area contributed by atoms with Crippen LogP contribution in [0.4, 0.5) is 0 Å². The standard InChI is InChI=1S/C22H30N2O3/c1-26-21-14-17(15-23)12-13-20(21)27-16-22(25)24(18-8-4-2-5-9-18)19-10-6-3-7-11-19/h12-14,18-19H,2-11,16H2,1H3. The summed E-state index contributed by atoms with van der Waals surface area (Å²) in [6, 6.07) is 7.84. The fourth-order valence-corrected chi connectivity index (χ4v) is 4.49. The van der Waals surface area contributed by atoms with Gasteiger partial charge in [0.2, 0.25) is 0 Å². The van der Waals surface area contributed by atoms with Crippen LogP contribution in [-0.2, 0) is 4.79 Å². The Labute approximate surface area is 162 Å². The fourth-order valence-electron chi connectivity index (χ4n) is 4.49. The molecule has 0 N–H and O–H groups in total. The van der Waals surface area contributed by atoms with E-state index in [0.29, 0.717) is 29.1 Å². The summed E-state index contributed by atoms with van der Waals surface area (Å²) < 4.78 is 11.1. The number of carbonyl (C=O) groups excluding carboxylic acids is 1. The van der Waals surface area contributed by atoms with Crippen molar-refractivity contribution in [2.75, 3.05) is 13.7 Å². The monoisotopic (exact) mass is 370 g/mol. The second kappa shape index (κ2) is 9.64. The van der Waals surface area contributed by atoms with Gasteiger partial charge >= 0.3 is 0 Å². The van der Waals surface area contributed by atoms with Crippen molar-refractivity contribution in [3.63, 3.8) is 0 Å². The third kappa shape index (κ3) is 4.94. The maximum absolute atomic E-state index is 13.1. The number of hydrogen-bond acceptors (Lipinski definition) is 4. The lowest BCUT2D eigenvalue weighted by Gasteiger charge is -2.41. The van der Waals surface area contributed by atoms with Crippen LogP contribution in [0, 0.1) is 11.3 Å². The molecule has 0 saturated heterocycles. The van der Waals surface area contributed by atoms with Gasteiger partial charge in [0.25, 0.3) is 5.91 Å². The van der Waals surface area contributed by atoms with E-state index in [9.17, 15) is 4.79 Å². The molecule has 3 rings (SSSR count). The molecule has 1 aromatic carbocycles. The molecule has 2 aliphatic carbocycles. The molecule has 0 radical (unpaired) electrons. The first-order valence-corrected chi connectivity index (χ1v) is 10.2. The Morgan fingerprint density at radius 3 is 2.15 bits per heavy atom. The second-order valence-corrected chi connectivity index (χ2v) is 7.65. The summed E-state index contributed by atoms with van der Waals surface area (Å²) in [7, 11) is 1.54. The number of nitrogens with zero attached hydrogens (tertiary/aromatic N) is 2. The van der Waals surface area contributed by atoms with Crippen molar-refractivity contribution in [3.05, 3.63) is 23.8 Å². The number of amides is 1. The average Bonchev–Trinajstić information content (AvgIpc) is 2.74. The summed E-state index contributed by atoms with van der Waals surface area (Å²) in [6.45, 7) is 0.0231. The zero-order valence-corrected chi connectivity index (χ0v) is 16.3. The molecule has 1 amide bonds. The van der Waals surface area contributed by atoms with E-state index in [1.807, 2.05) is 0 Å². The van der Waals surface area contributed by atoms with Gasteiger partial charge in [0.15, 0.2) is 18.1 Å². The second-order valence-electron chi connectivity index (χ2n) is 7.65. The highest BCUT2D eigenvalue weighted by Gasteiger charge is 2.32. The quantitative estimate of drug-likeness (QED) is 0.743. The molecule has 0 heterocycles. The first-order chi connectivity index (χ1) is 13.2. The van der Waals surface area contributed by atoms with E-state index in [1.54, 1.807) is 25.3 Å². The normalized spacial score (nSPS) is 18.5. The maximum atomic E-state index is 13.1. The molecular formula is C22H30N2O3. The SMILES string of the molecule is COc1cc(C#N)ccc1OCC(=O)N(C1CCCCC1)C1CCCCC1. The highest BCUT2D eigenvalue weighted by Crippen LogP contribution is 2.31. The van der Waals surface area contributed by atoms with Crippen molar-refractivity contribution in [2.24, 2.45) is 0 Å². The minimum Gasteiger partial charge on any atom is -0.493 e. The molecule has 5 nitrogen and oxygen atoms in total. The molecule has 0 spiro atoms. The predicted octanol–water partition coefficient (Wildman–Crippen LogP) is 4.44. The Kier molecular flexibility index (Phi) is 6.98. The number of carbonyl (C=O) groups is 1. The van der Waals surface area contributed by atoms with Gasteiger partial charge in [-0.05, 0) is 37.8 Å². The predicted molar refractivity (Wildman–Crippen MR) is 104 cm³/mol. The largest absolute Gasteiger partial charge is 0.493 e. The van der Waals surface area contributed by atoms with Crippen molar-refractivity contribution in [3.8, 4) is 17.6 Å². The summed E-state index contributed by atoms with van der Waals surface area (Å²) in [6.07, 6.45) is 11.9. The number of benzene rings is 1. The van der Waals surface area contributed by atoms with Gasteiger partial charge in [0, 0.05) is 18.2 Å². The Balaban J connectivity index is 1.69. The summed E-state index contributed by atoms with van der Waals surface area (Å²) in [5.74, 6) is 1.08. The van der Waals surface area contributed by atoms with E-state index >= 15 is 0 Å². The molecule has 1 aromatic rings. The maximum Gasteiger partial charge on any atom is 0.261 e. The summed E-state index contributed by atoms with van der Waals surface area (Å²) in [5, 5.41) is 9.02. The van der Waals surface area contributed by atoms with Crippen LogP contribution in [0.25, 0.3) is 0 Å². The van der Waals surface area contributed by atoms with E-state index in [-0.39, 0.29) is 12.5 Å². The lowest BCUT2D eigenvalue weighted by atomic mass is 9.88. The van der Waals surface area contributed by atoms with Crippen molar-refractivity contribution in [2.45, 2.75) is 76.3 Å². The summed E-state index contributed by atoms with van der Waals surface area (Å²) in [5.41, 5.74) is 0.511. The number of hydrogen-bond donors (Lipinski definition) is 0. The van der Waals surface area contributed by atoms with Gasteiger partial charge < -0.3 is 14.4 Å². The minimum absolute atomic E-state index is 0.0231. The van der Waals surface area contributed by atoms with Crippen LogP contribution in [0.5, 0.6) is 11.5 Å². The van der Waals surface area contributed by atoms with Gasteiger partial charge in [0.1, 0.15) is 0 Å². The molecule has 27 heavy (non-hydrogen) atoms. The molecule has 0 bridgehead atoms. The van der Waals surface area contributed by atoms with Gasteiger partial charge in [-0.25, -0.2) is 0 Å². The molecule has 2 aliphatic rings. The van der Waals surface area contributed by atoms with E-state index in [1.165, 1.54) is 38.5 Å². The number of nitriles is 1. The average molecular weight is 370 g/mol. The van der Waals surface area contributed by atoms with E-state index in [0.717, 1.165) is 25.7 Å². The zero-order chi connectivity index (χ0) is 19.1. The van der Waals surface area contributed by atoms with Gasteiger partial charge in [-0.15, -0.1) is 0 Å². The zero-order valence-electron chi connectivity index (χ0n) is 16.3. The van der Waals surface area contributed by atoms with Crippen LogP contribution in [-0.4, -0.2) is 36.6 Å². The fraction of sp³-hybridized carbons (Fsp3) is 0.636. The molecule has 0 unspecified atom stereocenters. The van der Waals surface area contributed by atoms with Crippen LogP contribution < -0.4 is 9.47 Å². The Bertz CT molecular complexity index is 653. The van der Waals surface area contributed by atoms with Gasteiger partial charge in [-0.2, -0.15) is 5.26 Å². The first kappa shape index (κ1) is 19.5. The molecule has 0 aliphatic heterocycles. The molecule has 5 heteroatoms. The highest BCUT2D eigenvalue weighted by molar-refractivity contribution is 5.78. The molecule has 0 atom stereocenters. The lowest BCUT2D eigenvalue weighted by molar-refractivity contribution is -0.140. The van der Waals surface area contributed by atoms with Crippen molar-refractivity contribution < 1.29 is 14.3 Å². The van der Waals surface area contributed by atoms with Crippen molar-refractivity contribution in [1.82, 2.24) is 4.90 Å².